The Hall–Kier alpha value is -1.07. The third-order valence-corrected chi connectivity index (χ3v) is 2.80. The van der Waals surface area contributed by atoms with Crippen molar-refractivity contribution in [3.63, 3.8) is 0 Å². The van der Waals surface area contributed by atoms with Crippen LogP contribution in [0.3, 0.4) is 0 Å². The Labute approximate surface area is 103 Å². The smallest absolute Gasteiger partial charge is 0.324 e. The van der Waals surface area contributed by atoms with Crippen molar-refractivity contribution >= 4 is 21.9 Å². The van der Waals surface area contributed by atoms with Crippen molar-refractivity contribution in [2.75, 3.05) is 21.0 Å². The molecule has 0 spiro atoms. The Kier molecular flexibility index (Phi) is 5.28. The van der Waals surface area contributed by atoms with Crippen molar-refractivity contribution < 1.29 is 19.0 Å². The highest BCUT2D eigenvalue weighted by molar-refractivity contribution is 9.09. The number of carbonyl (C=O) groups is 1. The van der Waals surface area contributed by atoms with Crippen molar-refractivity contribution in [3.8, 4) is 5.75 Å². The van der Waals surface area contributed by atoms with Gasteiger partial charge in [0.25, 0.3) is 0 Å². The van der Waals surface area contributed by atoms with Gasteiger partial charge in [0.05, 0.1) is 7.11 Å². The van der Waals surface area contributed by atoms with Gasteiger partial charge in [-0.15, -0.1) is 0 Å². The van der Waals surface area contributed by atoms with Crippen molar-refractivity contribution in [1.29, 1.82) is 0 Å². The molecule has 0 saturated heterocycles. The molecular weight excluding hydrogens is 276 g/mol. The molecule has 0 aromatic heterocycles. The van der Waals surface area contributed by atoms with E-state index in [0.29, 0.717) is 5.75 Å². The standard InChI is InChI=1S/C11H13BrO4/c1-14-7-16-9-5-3-4-8(6-9)10(12)11(13)15-2/h3-6,10H,7H2,1-2H3. The highest BCUT2D eigenvalue weighted by Crippen LogP contribution is 2.26. The largest absolute Gasteiger partial charge is 0.468 e. The molecule has 0 radical (unpaired) electrons. The van der Waals surface area contributed by atoms with E-state index in [1.54, 1.807) is 25.3 Å². The lowest BCUT2D eigenvalue weighted by Gasteiger charge is -2.10. The first-order valence-electron chi connectivity index (χ1n) is 4.62. The van der Waals surface area contributed by atoms with E-state index < -0.39 is 4.83 Å². The third kappa shape index (κ3) is 3.50. The van der Waals surface area contributed by atoms with Gasteiger partial charge in [-0.25, -0.2) is 0 Å². The minimum Gasteiger partial charge on any atom is -0.468 e. The fourth-order valence-corrected chi connectivity index (χ4v) is 1.60. The van der Waals surface area contributed by atoms with Crippen molar-refractivity contribution in [3.05, 3.63) is 29.8 Å². The average molecular weight is 289 g/mol. The molecule has 1 unspecified atom stereocenters. The fourth-order valence-electron chi connectivity index (χ4n) is 1.13. The second-order valence-corrected chi connectivity index (χ2v) is 3.92. The van der Waals surface area contributed by atoms with Gasteiger partial charge in [-0.3, -0.25) is 4.79 Å². The second-order valence-electron chi connectivity index (χ2n) is 3.01. The number of carbonyl (C=O) groups excluding carboxylic acids is 1. The van der Waals surface area contributed by atoms with Gasteiger partial charge in [0.15, 0.2) is 6.79 Å². The molecule has 0 aliphatic heterocycles. The van der Waals surface area contributed by atoms with E-state index in [4.69, 9.17) is 9.47 Å². The molecule has 16 heavy (non-hydrogen) atoms. The summed E-state index contributed by atoms with van der Waals surface area (Å²) in [6, 6.07) is 7.17. The zero-order valence-electron chi connectivity index (χ0n) is 9.10. The quantitative estimate of drug-likeness (QED) is 0.474. The number of esters is 1. The predicted molar refractivity (Wildman–Crippen MR) is 62.6 cm³/mol. The van der Waals surface area contributed by atoms with Crippen LogP contribution >= 0.6 is 15.9 Å². The molecule has 0 aliphatic rings. The molecule has 0 saturated carbocycles. The molecular formula is C11H13BrO4. The summed E-state index contributed by atoms with van der Waals surface area (Å²) >= 11 is 3.25. The molecule has 0 bridgehead atoms. The first-order chi connectivity index (χ1) is 7.69. The number of hydrogen-bond donors (Lipinski definition) is 0. The summed E-state index contributed by atoms with van der Waals surface area (Å²) in [7, 11) is 2.90. The van der Waals surface area contributed by atoms with Gasteiger partial charge in [0.2, 0.25) is 0 Å². The molecule has 1 aromatic rings. The zero-order chi connectivity index (χ0) is 12.0. The molecule has 1 rings (SSSR count). The summed E-state index contributed by atoms with van der Waals surface area (Å²) in [5.41, 5.74) is 0.778. The lowest BCUT2D eigenvalue weighted by atomic mass is 10.1. The van der Waals surface area contributed by atoms with Crippen molar-refractivity contribution in [2.24, 2.45) is 0 Å². The van der Waals surface area contributed by atoms with Gasteiger partial charge in [0, 0.05) is 7.11 Å². The van der Waals surface area contributed by atoms with Gasteiger partial charge in [-0.2, -0.15) is 0 Å². The van der Waals surface area contributed by atoms with E-state index in [1.165, 1.54) is 7.11 Å². The number of alkyl halides is 1. The molecule has 5 heteroatoms. The number of ether oxygens (including phenoxy) is 3. The fraction of sp³-hybridized carbons (Fsp3) is 0.364. The van der Waals surface area contributed by atoms with Crippen LogP contribution in [-0.2, 0) is 14.3 Å². The number of rotatable bonds is 5. The van der Waals surface area contributed by atoms with Crippen LogP contribution in [0, 0.1) is 0 Å². The summed E-state index contributed by atoms with van der Waals surface area (Å²) in [5, 5.41) is 0. The van der Waals surface area contributed by atoms with Gasteiger partial charge in [0.1, 0.15) is 10.6 Å². The summed E-state index contributed by atoms with van der Waals surface area (Å²) in [5.74, 6) is 0.302. The Morgan fingerprint density at radius 1 is 1.44 bits per heavy atom. The molecule has 4 nitrogen and oxygen atoms in total. The van der Waals surface area contributed by atoms with E-state index in [-0.39, 0.29) is 12.8 Å². The number of methoxy groups -OCH3 is 2. The Bertz CT molecular complexity index is 354. The van der Waals surface area contributed by atoms with Crippen LogP contribution in [0.4, 0.5) is 0 Å². The first-order valence-corrected chi connectivity index (χ1v) is 5.54. The van der Waals surface area contributed by atoms with Crippen LogP contribution in [0.15, 0.2) is 24.3 Å². The maximum absolute atomic E-state index is 11.3. The number of hydrogen-bond acceptors (Lipinski definition) is 4. The van der Waals surface area contributed by atoms with Crippen LogP contribution in [0.2, 0.25) is 0 Å². The Morgan fingerprint density at radius 3 is 2.81 bits per heavy atom. The van der Waals surface area contributed by atoms with Gasteiger partial charge in [-0.1, -0.05) is 28.1 Å². The molecule has 1 aromatic carbocycles. The van der Waals surface area contributed by atoms with E-state index in [1.807, 2.05) is 6.07 Å². The minimum absolute atomic E-state index is 0.175. The summed E-state index contributed by atoms with van der Waals surface area (Å²) in [6.07, 6.45) is 0. The van der Waals surface area contributed by atoms with Crippen LogP contribution in [0.25, 0.3) is 0 Å². The van der Waals surface area contributed by atoms with E-state index in [9.17, 15) is 4.79 Å². The minimum atomic E-state index is -0.483. The monoisotopic (exact) mass is 288 g/mol. The topological polar surface area (TPSA) is 44.8 Å². The zero-order valence-corrected chi connectivity index (χ0v) is 10.7. The van der Waals surface area contributed by atoms with E-state index in [2.05, 4.69) is 20.7 Å². The van der Waals surface area contributed by atoms with Crippen LogP contribution in [-0.4, -0.2) is 27.0 Å². The summed E-state index contributed by atoms with van der Waals surface area (Å²) < 4.78 is 14.7. The molecule has 88 valence electrons. The average Bonchev–Trinajstić information content (AvgIpc) is 2.34. The molecule has 0 fully saturated rings. The summed E-state index contributed by atoms with van der Waals surface area (Å²) in [4.78, 5) is 10.8. The van der Waals surface area contributed by atoms with Crippen molar-refractivity contribution in [1.82, 2.24) is 0 Å². The van der Waals surface area contributed by atoms with Gasteiger partial charge < -0.3 is 14.2 Å². The highest BCUT2D eigenvalue weighted by atomic mass is 79.9. The summed E-state index contributed by atoms with van der Waals surface area (Å²) in [6.45, 7) is 0.175. The van der Waals surface area contributed by atoms with Crippen LogP contribution in [0.1, 0.15) is 10.4 Å². The van der Waals surface area contributed by atoms with Gasteiger partial charge >= 0.3 is 5.97 Å². The van der Waals surface area contributed by atoms with Crippen molar-refractivity contribution in [2.45, 2.75) is 4.83 Å². The highest BCUT2D eigenvalue weighted by Gasteiger charge is 2.17. The van der Waals surface area contributed by atoms with Gasteiger partial charge in [-0.05, 0) is 17.7 Å². The number of halogens is 1. The lowest BCUT2D eigenvalue weighted by Crippen LogP contribution is -2.08. The predicted octanol–water partition coefficient (Wildman–Crippen LogP) is 2.28. The molecule has 0 aliphatic carbocycles. The first kappa shape index (κ1) is 13.0. The van der Waals surface area contributed by atoms with Crippen LogP contribution in [0.5, 0.6) is 5.75 Å². The molecule has 0 amide bonds. The lowest BCUT2D eigenvalue weighted by molar-refractivity contribution is -0.139. The number of benzene rings is 1. The third-order valence-electron chi connectivity index (χ3n) is 1.90. The maximum atomic E-state index is 11.3. The molecule has 0 heterocycles. The Balaban J connectivity index is 2.77. The second kappa shape index (κ2) is 6.50. The maximum Gasteiger partial charge on any atom is 0.324 e. The SMILES string of the molecule is COCOc1cccc(C(Br)C(=O)OC)c1. The van der Waals surface area contributed by atoms with E-state index >= 15 is 0 Å². The van der Waals surface area contributed by atoms with Crippen LogP contribution < -0.4 is 4.74 Å². The van der Waals surface area contributed by atoms with E-state index in [0.717, 1.165) is 5.56 Å². The normalized spacial score (nSPS) is 11.9. The molecule has 1 atom stereocenters. The Morgan fingerprint density at radius 2 is 2.19 bits per heavy atom. The molecule has 0 N–H and O–H groups in total.